The lowest BCUT2D eigenvalue weighted by atomic mass is 10.1. The minimum atomic E-state index is -0.658. The molecular formula is C23H30FN5O3S. The Balaban J connectivity index is 0.00000187. The van der Waals surface area contributed by atoms with E-state index in [1.165, 1.54) is 30.5 Å². The fraction of sp³-hybridized carbons (Fsp3) is 0.435. The first-order valence-corrected chi connectivity index (χ1v) is 11.9. The van der Waals surface area contributed by atoms with Gasteiger partial charge in [-0.1, -0.05) is 13.8 Å². The molecule has 3 aromatic rings. The molecule has 0 aliphatic heterocycles. The maximum absolute atomic E-state index is 14.3. The number of nitrogens with one attached hydrogen (secondary N) is 2. The number of nitrogens with zero attached hydrogens (tertiary/aromatic N) is 2. The summed E-state index contributed by atoms with van der Waals surface area (Å²) in [5.41, 5.74) is 5.80. The van der Waals surface area contributed by atoms with Crippen molar-refractivity contribution in [1.82, 2.24) is 20.3 Å². The molecule has 0 aromatic carbocycles. The van der Waals surface area contributed by atoms with Crippen LogP contribution in [0.1, 0.15) is 67.4 Å². The van der Waals surface area contributed by atoms with Crippen molar-refractivity contribution in [3.05, 3.63) is 50.6 Å². The van der Waals surface area contributed by atoms with Gasteiger partial charge in [0, 0.05) is 24.0 Å². The molecule has 0 unspecified atom stereocenters. The predicted molar refractivity (Wildman–Crippen MR) is 129 cm³/mol. The topological polar surface area (TPSA) is 131 Å². The highest BCUT2D eigenvalue weighted by atomic mass is 32.1. The fourth-order valence-corrected chi connectivity index (χ4v) is 4.23. The standard InChI is InChI=1S/C21H24FN5O3S.C2H6/c1-12(28)5-4-8-24-19(30)17-16(22)9-13(11-25-17)6-2-3-7-14-10-15-18(29)26-21(23)27-20(15)31-14;1-2/h9-11H,2-8H2,1H3,(H,24,30)(H3,23,26,27,29);1-2H3. The molecule has 3 rings (SSSR count). The molecule has 0 spiro atoms. The SMILES string of the molecule is CC.CC(=O)CCCNC(=O)c1ncc(CCCCc2cc3c(=O)[nH]c(N)nc3s2)cc1F. The van der Waals surface area contributed by atoms with Crippen LogP contribution in [0.3, 0.4) is 0 Å². The lowest BCUT2D eigenvalue weighted by Gasteiger charge is -2.07. The van der Waals surface area contributed by atoms with Crippen LogP contribution in [0.4, 0.5) is 10.3 Å². The maximum Gasteiger partial charge on any atom is 0.272 e. The van der Waals surface area contributed by atoms with E-state index in [4.69, 9.17) is 5.73 Å². The Bertz CT molecular complexity index is 1160. The number of anilines is 1. The first-order valence-electron chi connectivity index (χ1n) is 11.0. The summed E-state index contributed by atoms with van der Waals surface area (Å²) in [5.74, 6) is -1.09. The Labute approximate surface area is 195 Å². The minimum absolute atomic E-state index is 0.0466. The number of ketones is 1. The molecule has 0 aliphatic rings. The van der Waals surface area contributed by atoms with E-state index in [1.54, 1.807) is 0 Å². The normalized spacial score (nSPS) is 10.5. The number of H-pyrrole nitrogens is 1. The van der Waals surface area contributed by atoms with Crippen molar-refractivity contribution in [2.75, 3.05) is 12.3 Å². The Hall–Kier alpha value is -3.14. The number of nitrogen functional groups attached to an aromatic ring is 1. The summed E-state index contributed by atoms with van der Waals surface area (Å²) < 4.78 is 14.3. The van der Waals surface area contributed by atoms with Crippen LogP contribution < -0.4 is 16.6 Å². The van der Waals surface area contributed by atoms with E-state index in [0.29, 0.717) is 41.6 Å². The summed E-state index contributed by atoms with van der Waals surface area (Å²) in [6, 6.07) is 3.17. The van der Waals surface area contributed by atoms with E-state index >= 15 is 0 Å². The van der Waals surface area contributed by atoms with Crippen molar-refractivity contribution in [3.63, 3.8) is 0 Å². The van der Waals surface area contributed by atoms with Gasteiger partial charge in [0.15, 0.2) is 11.5 Å². The van der Waals surface area contributed by atoms with Crippen LogP contribution in [-0.2, 0) is 17.6 Å². The quantitative estimate of drug-likeness (QED) is 0.382. The number of aromatic amines is 1. The first kappa shape index (κ1) is 26.1. The number of rotatable bonds is 10. The van der Waals surface area contributed by atoms with E-state index in [0.717, 1.165) is 24.1 Å². The molecular weight excluding hydrogens is 445 g/mol. The summed E-state index contributed by atoms with van der Waals surface area (Å²) >= 11 is 1.44. The summed E-state index contributed by atoms with van der Waals surface area (Å²) in [5, 5.41) is 3.11. The van der Waals surface area contributed by atoms with Gasteiger partial charge in [-0.3, -0.25) is 14.6 Å². The summed E-state index contributed by atoms with van der Waals surface area (Å²) in [4.78, 5) is 47.1. The molecule has 3 aromatic heterocycles. The Morgan fingerprint density at radius 3 is 2.61 bits per heavy atom. The van der Waals surface area contributed by atoms with Gasteiger partial charge in [-0.25, -0.2) is 14.4 Å². The third-order valence-electron chi connectivity index (χ3n) is 4.71. The van der Waals surface area contributed by atoms with Gasteiger partial charge in [0.05, 0.1) is 5.39 Å². The third-order valence-corrected chi connectivity index (χ3v) is 5.80. The van der Waals surface area contributed by atoms with Gasteiger partial charge >= 0.3 is 0 Å². The molecule has 0 fully saturated rings. The number of aromatic nitrogens is 3. The highest BCUT2D eigenvalue weighted by Gasteiger charge is 2.14. The molecule has 1 amide bonds. The zero-order valence-electron chi connectivity index (χ0n) is 19.2. The van der Waals surface area contributed by atoms with E-state index in [9.17, 15) is 18.8 Å². The second-order valence-electron chi connectivity index (χ2n) is 7.33. The van der Waals surface area contributed by atoms with E-state index in [2.05, 4.69) is 20.3 Å². The molecule has 0 radical (unpaired) electrons. The molecule has 0 bridgehead atoms. The number of amides is 1. The number of carbonyl (C=O) groups is 2. The van der Waals surface area contributed by atoms with Crippen molar-refractivity contribution in [3.8, 4) is 0 Å². The second kappa shape index (κ2) is 12.8. The summed E-state index contributed by atoms with van der Waals surface area (Å²) in [7, 11) is 0. The monoisotopic (exact) mass is 475 g/mol. The number of hydrogen-bond acceptors (Lipinski definition) is 7. The average Bonchev–Trinajstić information content (AvgIpc) is 3.18. The van der Waals surface area contributed by atoms with Gasteiger partial charge in [-0.05, 0) is 56.7 Å². The Morgan fingerprint density at radius 1 is 1.18 bits per heavy atom. The maximum atomic E-state index is 14.3. The van der Waals surface area contributed by atoms with Crippen molar-refractivity contribution < 1.29 is 14.0 Å². The van der Waals surface area contributed by atoms with Gasteiger partial charge in [0.2, 0.25) is 5.95 Å². The van der Waals surface area contributed by atoms with Crippen molar-refractivity contribution in [2.45, 2.75) is 59.3 Å². The number of nitrogens with two attached hydrogens (primary N) is 1. The zero-order valence-corrected chi connectivity index (χ0v) is 20.0. The van der Waals surface area contributed by atoms with Gasteiger partial charge in [0.25, 0.3) is 11.5 Å². The summed E-state index contributed by atoms with van der Waals surface area (Å²) in [6.07, 6.45) is 5.45. The number of thiophene rings is 1. The van der Waals surface area contributed by atoms with Crippen LogP contribution in [0, 0.1) is 5.82 Å². The number of hydrogen-bond donors (Lipinski definition) is 3. The highest BCUT2D eigenvalue weighted by molar-refractivity contribution is 7.18. The number of Topliss-reactive ketones (excluding diaryl/α,β-unsaturated/α-hetero) is 1. The molecule has 3 heterocycles. The van der Waals surface area contributed by atoms with Crippen molar-refractivity contribution in [2.24, 2.45) is 0 Å². The van der Waals surface area contributed by atoms with Crippen molar-refractivity contribution in [1.29, 1.82) is 0 Å². The van der Waals surface area contributed by atoms with Crippen molar-refractivity contribution >= 4 is 39.2 Å². The molecule has 0 atom stereocenters. The van der Waals surface area contributed by atoms with Crippen LogP contribution >= 0.6 is 11.3 Å². The second-order valence-corrected chi connectivity index (χ2v) is 8.44. The van der Waals surface area contributed by atoms with Crippen LogP contribution in [-0.4, -0.2) is 33.2 Å². The van der Waals surface area contributed by atoms with Crippen LogP contribution in [0.5, 0.6) is 0 Å². The number of halogens is 1. The lowest BCUT2D eigenvalue weighted by molar-refractivity contribution is -0.117. The Kier molecular flexibility index (Phi) is 10.1. The largest absolute Gasteiger partial charge is 0.369 e. The molecule has 178 valence electrons. The molecule has 4 N–H and O–H groups in total. The zero-order chi connectivity index (χ0) is 24.4. The van der Waals surface area contributed by atoms with E-state index < -0.39 is 11.7 Å². The molecule has 0 aliphatic carbocycles. The number of aryl methyl sites for hydroxylation is 2. The number of fused-ring (bicyclic) bond motifs is 1. The number of carbonyl (C=O) groups excluding carboxylic acids is 2. The lowest BCUT2D eigenvalue weighted by Crippen LogP contribution is -2.26. The van der Waals surface area contributed by atoms with Gasteiger partial charge < -0.3 is 15.8 Å². The average molecular weight is 476 g/mol. The first-order chi connectivity index (χ1) is 15.8. The fourth-order valence-electron chi connectivity index (χ4n) is 3.15. The van der Waals surface area contributed by atoms with Crippen LogP contribution in [0.25, 0.3) is 10.2 Å². The number of pyridine rings is 1. The highest BCUT2D eigenvalue weighted by Crippen LogP contribution is 2.23. The van der Waals surface area contributed by atoms with Crippen LogP contribution in [0.2, 0.25) is 0 Å². The summed E-state index contributed by atoms with van der Waals surface area (Å²) in [6.45, 7) is 5.78. The number of unbranched alkanes of at least 4 members (excludes halogenated alkanes) is 1. The smallest absolute Gasteiger partial charge is 0.272 e. The predicted octanol–water partition coefficient (Wildman–Crippen LogP) is 3.79. The van der Waals surface area contributed by atoms with Gasteiger partial charge in [0.1, 0.15) is 10.6 Å². The van der Waals surface area contributed by atoms with E-state index in [1.807, 2.05) is 19.9 Å². The molecule has 33 heavy (non-hydrogen) atoms. The van der Waals surface area contributed by atoms with Gasteiger partial charge in [-0.2, -0.15) is 0 Å². The molecule has 0 saturated heterocycles. The minimum Gasteiger partial charge on any atom is -0.369 e. The molecule has 8 nitrogen and oxygen atoms in total. The Morgan fingerprint density at radius 2 is 1.91 bits per heavy atom. The molecule has 0 saturated carbocycles. The van der Waals surface area contributed by atoms with Crippen LogP contribution in [0.15, 0.2) is 23.1 Å². The molecule has 10 heteroatoms. The third kappa shape index (κ3) is 7.74. The van der Waals surface area contributed by atoms with E-state index in [-0.39, 0.29) is 23.0 Å². The van der Waals surface area contributed by atoms with Gasteiger partial charge in [-0.15, -0.1) is 11.3 Å².